The van der Waals surface area contributed by atoms with Crippen molar-refractivity contribution in [1.82, 2.24) is 13.7 Å². The Morgan fingerprint density at radius 2 is 0.855 bits per heavy atom. The van der Waals surface area contributed by atoms with Crippen LogP contribution in [-0.2, 0) is 0 Å². The zero-order valence-electron chi connectivity index (χ0n) is 40.4. The van der Waals surface area contributed by atoms with Crippen LogP contribution in [0.25, 0.3) is 82.5 Å². The molecule has 0 atom stereocenters. The highest BCUT2D eigenvalue weighted by Gasteiger charge is 2.36. The number of rotatable bonds is 7. The fourth-order valence-corrected chi connectivity index (χ4v) is 13.2. The Morgan fingerprint density at radius 3 is 1.39 bits per heavy atom. The van der Waals surface area contributed by atoms with Crippen LogP contribution in [0.2, 0.25) is 0 Å². The van der Waals surface area contributed by atoms with Gasteiger partial charge in [-0.3, -0.25) is 0 Å². The molecule has 1 aliphatic heterocycles. The molecule has 3 nitrogen and oxygen atoms in total. The molecule has 9 aromatic carbocycles. The summed E-state index contributed by atoms with van der Waals surface area (Å²) < 4.78 is 7.70. The van der Waals surface area contributed by atoms with E-state index in [1.54, 1.807) is 0 Å². The van der Waals surface area contributed by atoms with E-state index in [9.17, 15) is 0 Å². The summed E-state index contributed by atoms with van der Waals surface area (Å²) in [5, 5.41) is 7.54. The third-order valence-corrected chi connectivity index (χ3v) is 16.3. The minimum atomic E-state index is 0.112. The number of aromatic nitrogens is 3. The number of nitrogens with zero attached hydrogens (tertiary/aromatic N) is 3. The van der Waals surface area contributed by atoms with Gasteiger partial charge in [-0.05, 0) is 108 Å². The van der Waals surface area contributed by atoms with Crippen LogP contribution < -0.4 is 16.4 Å². The second-order valence-electron chi connectivity index (χ2n) is 20.3. The van der Waals surface area contributed by atoms with Gasteiger partial charge < -0.3 is 13.7 Å². The van der Waals surface area contributed by atoms with Crippen LogP contribution in [0.3, 0.4) is 0 Å². The molecule has 13 rings (SSSR count). The second kappa shape index (κ2) is 15.9. The first kappa shape index (κ1) is 41.9. The molecule has 0 saturated carbocycles. The molecule has 3 aromatic heterocycles. The van der Waals surface area contributed by atoms with Crippen LogP contribution in [0.15, 0.2) is 192 Å². The van der Waals surface area contributed by atoms with Crippen LogP contribution in [-0.4, -0.2) is 20.4 Å². The molecule has 0 N–H and O–H groups in total. The average Bonchev–Trinajstić information content (AvgIpc) is 4.01. The topological polar surface area (TPSA) is 14.8 Å². The highest BCUT2D eigenvalue weighted by atomic mass is 32.2. The minimum absolute atomic E-state index is 0.112. The molecule has 334 valence electrons. The Labute approximate surface area is 409 Å². The number of benzene rings is 9. The molecule has 0 radical (unpaired) electrons. The number of fused-ring (bicyclic) bond motifs is 14. The first-order valence-corrected chi connectivity index (χ1v) is 25.6. The molecule has 12 aromatic rings. The lowest BCUT2D eigenvalue weighted by Gasteiger charge is -2.32. The third-order valence-electron chi connectivity index (χ3n) is 15.1. The Kier molecular flexibility index (Phi) is 9.69. The summed E-state index contributed by atoms with van der Waals surface area (Å²) in [4.78, 5) is 2.65. The standard InChI is InChI=1S/C64H54BN3S/c1-38(2)42-35-49(39(3)4)61(50(36-42)40(5)6)65-51-27-14-18-31-56(51)69-57-37-45(32-33-52(57)65)68-55-30-17-13-26-48(55)60-63-59(47-25-12-16-29-54(47)67(63)44-23-19-20-41(7)34-44)62-58(64(60)68)46-24-11-15-28-53(46)66(62)43-21-9-8-10-22-43/h8-40H,1-7H3. The predicted octanol–water partition coefficient (Wildman–Crippen LogP) is 15.6. The molecule has 4 heterocycles. The number of para-hydroxylation sites is 4. The summed E-state index contributed by atoms with van der Waals surface area (Å²) in [6, 6.07) is 69.0. The Morgan fingerprint density at radius 1 is 0.391 bits per heavy atom. The van der Waals surface area contributed by atoms with E-state index >= 15 is 0 Å². The summed E-state index contributed by atoms with van der Waals surface area (Å²) >= 11 is 1.93. The van der Waals surface area contributed by atoms with Gasteiger partial charge in [-0.25, -0.2) is 0 Å². The molecule has 0 spiro atoms. The summed E-state index contributed by atoms with van der Waals surface area (Å²) in [6.07, 6.45) is 0. The molecule has 69 heavy (non-hydrogen) atoms. The van der Waals surface area contributed by atoms with E-state index in [0.717, 1.165) is 5.69 Å². The van der Waals surface area contributed by atoms with Crippen LogP contribution in [0, 0.1) is 6.92 Å². The maximum Gasteiger partial charge on any atom is 0.244 e. The summed E-state index contributed by atoms with van der Waals surface area (Å²) in [7, 11) is 0. The fourth-order valence-electron chi connectivity index (χ4n) is 12.0. The van der Waals surface area contributed by atoms with Gasteiger partial charge in [-0.15, -0.1) is 0 Å². The Balaban J connectivity index is 1.20. The van der Waals surface area contributed by atoms with Gasteiger partial charge in [0.1, 0.15) is 0 Å². The monoisotopic (exact) mass is 907 g/mol. The maximum absolute atomic E-state index is 2.61. The van der Waals surface area contributed by atoms with Crippen molar-refractivity contribution in [3.05, 3.63) is 204 Å². The van der Waals surface area contributed by atoms with Gasteiger partial charge in [0.2, 0.25) is 6.71 Å². The molecule has 0 amide bonds. The quantitative estimate of drug-likeness (QED) is 0.145. The van der Waals surface area contributed by atoms with Gasteiger partial charge in [0.25, 0.3) is 0 Å². The second-order valence-corrected chi connectivity index (χ2v) is 21.4. The summed E-state index contributed by atoms with van der Waals surface area (Å²) in [6.45, 7) is 16.5. The number of aryl methyl sites for hydroxylation is 1. The first-order valence-electron chi connectivity index (χ1n) is 24.8. The van der Waals surface area contributed by atoms with E-state index in [2.05, 4.69) is 244 Å². The van der Waals surface area contributed by atoms with Crippen molar-refractivity contribution in [3.8, 4) is 17.1 Å². The van der Waals surface area contributed by atoms with Crippen LogP contribution in [0.5, 0.6) is 0 Å². The van der Waals surface area contributed by atoms with E-state index in [1.165, 1.54) is 125 Å². The van der Waals surface area contributed by atoms with Crippen LogP contribution >= 0.6 is 11.8 Å². The van der Waals surface area contributed by atoms with Gasteiger partial charge >= 0.3 is 0 Å². The van der Waals surface area contributed by atoms with Crippen molar-refractivity contribution in [2.45, 2.75) is 76.0 Å². The van der Waals surface area contributed by atoms with Gasteiger partial charge in [-0.1, -0.05) is 191 Å². The molecule has 0 bridgehead atoms. The van der Waals surface area contributed by atoms with Crippen molar-refractivity contribution in [3.63, 3.8) is 0 Å². The maximum atomic E-state index is 2.61. The van der Waals surface area contributed by atoms with Gasteiger partial charge in [0.15, 0.2) is 0 Å². The minimum Gasteiger partial charge on any atom is -0.308 e. The third kappa shape index (κ3) is 6.22. The van der Waals surface area contributed by atoms with E-state index in [4.69, 9.17) is 0 Å². The van der Waals surface area contributed by atoms with E-state index in [1.807, 2.05) is 11.8 Å². The lowest BCUT2D eigenvalue weighted by Crippen LogP contribution is -2.57. The lowest BCUT2D eigenvalue weighted by molar-refractivity contribution is 0.812. The zero-order chi connectivity index (χ0) is 46.8. The highest BCUT2D eigenvalue weighted by Crippen LogP contribution is 2.50. The van der Waals surface area contributed by atoms with Gasteiger partial charge in [-0.2, -0.15) is 0 Å². The predicted molar refractivity (Wildman–Crippen MR) is 298 cm³/mol. The van der Waals surface area contributed by atoms with E-state index in [0.29, 0.717) is 17.8 Å². The molecular formula is C64H54BN3S. The van der Waals surface area contributed by atoms with Gasteiger partial charge in [0, 0.05) is 59.2 Å². The van der Waals surface area contributed by atoms with Crippen molar-refractivity contribution >= 4 is 100 Å². The van der Waals surface area contributed by atoms with Crippen molar-refractivity contribution in [1.29, 1.82) is 0 Å². The largest absolute Gasteiger partial charge is 0.308 e. The Hall–Kier alpha value is -7.21. The summed E-state index contributed by atoms with van der Waals surface area (Å²) in [5.41, 5.74) is 20.7. The zero-order valence-corrected chi connectivity index (χ0v) is 41.2. The fraction of sp³-hybridized carbons (Fsp3) is 0.156. The van der Waals surface area contributed by atoms with Crippen molar-refractivity contribution in [2.24, 2.45) is 0 Å². The molecule has 0 unspecified atom stereocenters. The van der Waals surface area contributed by atoms with E-state index < -0.39 is 0 Å². The molecule has 0 saturated heterocycles. The van der Waals surface area contributed by atoms with Crippen LogP contribution in [0.1, 0.15) is 81.5 Å². The Bertz CT molecular complexity index is 4020. The first-order chi connectivity index (χ1) is 33.7. The summed E-state index contributed by atoms with van der Waals surface area (Å²) in [5.74, 6) is 1.22. The molecular weight excluding hydrogens is 854 g/mol. The smallest absolute Gasteiger partial charge is 0.244 e. The molecule has 5 heteroatoms. The highest BCUT2D eigenvalue weighted by molar-refractivity contribution is 8.00. The van der Waals surface area contributed by atoms with Crippen molar-refractivity contribution < 1.29 is 0 Å². The number of hydrogen-bond donors (Lipinski definition) is 0. The molecule has 1 aliphatic rings. The van der Waals surface area contributed by atoms with Crippen molar-refractivity contribution in [2.75, 3.05) is 0 Å². The molecule has 0 fully saturated rings. The van der Waals surface area contributed by atoms with E-state index in [-0.39, 0.29) is 6.71 Å². The van der Waals surface area contributed by atoms with Gasteiger partial charge in [0.05, 0.1) is 33.1 Å². The normalized spacial score (nSPS) is 12.9. The number of hydrogen-bond acceptors (Lipinski definition) is 1. The van der Waals surface area contributed by atoms with Crippen LogP contribution in [0.4, 0.5) is 0 Å². The molecule has 0 aliphatic carbocycles. The SMILES string of the molecule is Cc1cccc(-n2c3ccccc3c3c4c(c5ccccc5n4-c4ccccc4)c4c(c5ccccc5n4-c4ccc5c(c4)Sc4ccccc4B5c4c(C(C)C)cc(C(C)C)cc4C(C)C)c32)c1. The average molecular weight is 908 g/mol. The lowest BCUT2D eigenvalue weighted by atomic mass is 9.34.